The van der Waals surface area contributed by atoms with Crippen LogP contribution in [0.2, 0.25) is 0 Å². The first kappa shape index (κ1) is 11.6. The van der Waals surface area contributed by atoms with Crippen molar-refractivity contribution in [2.45, 2.75) is 6.61 Å². The summed E-state index contributed by atoms with van der Waals surface area (Å²) >= 11 is 0. The Hall–Kier alpha value is -2.49. The molecular weight excluding hydrogens is 240 g/mol. The fourth-order valence-electron chi connectivity index (χ4n) is 1.92. The average Bonchev–Trinajstić information content (AvgIpc) is 2.89. The van der Waals surface area contributed by atoms with Gasteiger partial charge < -0.3 is 13.9 Å². The van der Waals surface area contributed by atoms with E-state index < -0.39 is 0 Å². The number of fused-ring (bicyclic) bond motifs is 1. The van der Waals surface area contributed by atoms with Crippen LogP contribution in [0.1, 0.15) is 5.69 Å². The van der Waals surface area contributed by atoms with Crippen molar-refractivity contribution in [1.29, 1.82) is 0 Å². The number of aromatic nitrogens is 2. The summed E-state index contributed by atoms with van der Waals surface area (Å²) in [7, 11) is 1.65. The van der Waals surface area contributed by atoms with E-state index in [0.29, 0.717) is 6.61 Å². The number of rotatable bonds is 4. The minimum absolute atomic E-state index is 0.484. The van der Waals surface area contributed by atoms with Gasteiger partial charge in [-0.05, 0) is 36.4 Å². The van der Waals surface area contributed by atoms with Gasteiger partial charge in [0.2, 0.25) is 0 Å². The van der Waals surface area contributed by atoms with E-state index in [2.05, 4.69) is 4.98 Å². The van der Waals surface area contributed by atoms with Crippen LogP contribution in [0.4, 0.5) is 0 Å². The van der Waals surface area contributed by atoms with Crippen molar-refractivity contribution in [3.8, 4) is 11.5 Å². The molecule has 2 heterocycles. The van der Waals surface area contributed by atoms with Gasteiger partial charge in [-0.2, -0.15) is 0 Å². The molecule has 3 aromatic rings. The van der Waals surface area contributed by atoms with Crippen molar-refractivity contribution >= 4 is 5.65 Å². The molecule has 4 heteroatoms. The van der Waals surface area contributed by atoms with Crippen LogP contribution in [0, 0.1) is 0 Å². The van der Waals surface area contributed by atoms with Gasteiger partial charge in [-0.3, -0.25) is 0 Å². The molecule has 96 valence electrons. The highest BCUT2D eigenvalue weighted by Crippen LogP contribution is 2.18. The molecule has 4 nitrogen and oxygen atoms in total. The Morgan fingerprint density at radius 1 is 1.05 bits per heavy atom. The van der Waals surface area contributed by atoms with E-state index in [1.807, 2.05) is 59.3 Å². The molecule has 0 amide bonds. The van der Waals surface area contributed by atoms with Gasteiger partial charge in [-0.1, -0.05) is 6.07 Å². The Labute approximate surface area is 111 Å². The first-order chi connectivity index (χ1) is 9.36. The summed E-state index contributed by atoms with van der Waals surface area (Å²) in [5, 5.41) is 0. The highest BCUT2D eigenvalue weighted by Gasteiger charge is 2.03. The van der Waals surface area contributed by atoms with Crippen molar-refractivity contribution < 1.29 is 9.47 Å². The molecule has 0 saturated heterocycles. The number of hydrogen-bond donors (Lipinski definition) is 0. The summed E-state index contributed by atoms with van der Waals surface area (Å²) in [6.45, 7) is 0.484. The van der Waals surface area contributed by atoms with Gasteiger partial charge in [0.1, 0.15) is 23.8 Å². The van der Waals surface area contributed by atoms with Gasteiger partial charge in [-0.15, -0.1) is 0 Å². The molecule has 0 radical (unpaired) electrons. The number of hydrogen-bond acceptors (Lipinski definition) is 3. The molecule has 0 spiro atoms. The molecule has 0 aliphatic rings. The maximum atomic E-state index is 5.74. The van der Waals surface area contributed by atoms with Crippen molar-refractivity contribution in [3.05, 3.63) is 60.6 Å². The maximum absolute atomic E-state index is 5.74. The second-order valence-corrected chi connectivity index (χ2v) is 4.14. The SMILES string of the molecule is COc1ccc(OCc2cnc3ccccn23)cc1. The van der Waals surface area contributed by atoms with Crippen LogP contribution in [0.15, 0.2) is 54.9 Å². The Balaban J connectivity index is 1.74. The van der Waals surface area contributed by atoms with Crippen molar-refractivity contribution in [1.82, 2.24) is 9.38 Å². The maximum Gasteiger partial charge on any atom is 0.136 e. The predicted octanol–water partition coefficient (Wildman–Crippen LogP) is 2.92. The monoisotopic (exact) mass is 254 g/mol. The first-order valence-corrected chi connectivity index (χ1v) is 6.04. The number of methoxy groups -OCH3 is 1. The molecular formula is C15H14N2O2. The molecule has 0 unspecified atom stereocenters. The highest BCUT2D eigenvalue weighted by molar-refractivity contribution is 5.39. The zero-order valence-corrected chi connectivity index (χ0v) is 10.6. The van der Waals surface area contributed by atoms with E-state index in [9.17, 15) is 0 Å². The number of nitrogens with zero attached hydrogens (tertiary/aromatic N) is 2. The Morgan fingerprint density at radius 2 is 1.84 bits per heavy atom. The standard InChI is InChI=1S/C15H14N2O2/c1-18-13-5-7-14(8-6-13)19-11-12-10-16-15-4-2-3-9-17(12)15/h2-10H,11H2,1H3. The molecule has 19 heavy (non-hydrogen) atoms. The molecule has 0 aliphatic carbocycles. The lowest BCUT2D eigenvalue weighted by Crippen LogP contribution is -1.99. The smallest absolute Gasteiger partial charge is 0.136 e. The van der Waals surface area contributed by atoms with Crippen LogP contribution in [-0.4, -0.2) is 16.5 Å². The number of ether oxygens (including phenoxy) is 2. The van der Waals surface area contributed by atoms with Crippen LogP contribution >= 0.6 is 0 Å². The molecule has 1 aromatic carbocycles. The van der Waals surface area contributed by atoms with Crippen molar-refractivity contribution in [2.75, 3.05) is 7.11 Å². The number of imidazole rings is 1. The fourth-order valence-corrected chi connectivity index (χ4v) is 1.92. The molecule has 0 atom stereocenters. The van der Waals surface area contributed by atoms with E-state index in [0.717, 1.165) is 22.8 Å². The van der Waals surface area contributed by atoms with Gasteiger partial charge in [0.25, 0.3) is 0 Å². The molecule has 0 fully saturated rings. The minimum atomic E-state index is 0.484. The summed E-state index contributed by atoms with van der Waals surface area (Å²) in [5.74, 6) is 1.63. The summed E-state index contributed by atoms with van der Waals surface area (Å²) < 4.78 is 12.9. The number of benzene rings is 1. The topological polar surface area (TPSA) is 35.8 Å². The molecule has 0 aliphatic heterocycles. The lowest BCUT2D eigenvalue weighted by molar-refractivity contribution is 0.299. The lowest BCUT2D eigenvalue weighted by Gasteiger charge is -2.06. The van der Waals surface area contributed by atoms with Crippen LogP contribution in [0.5, 0.6) is 11.5 Å². The average molecular weight is 254 g/mol. The van der Waals surface area contributed by atoms with Crippen molar-refractivity contribution in [2.24, 2.45) is 0 Å². The van der Waals surface area contributed by atoms with E-state index >= 15 is 0 Å². The molecule has 3 rings (SSSR count). The van der Waals surface area contributed by atoms with Gasteiger partial charge in [-0.25, -0.2) is 4.98 Å². The highest BCUT2D eigenvalue weighted by atomic mass is 16.5. The van der Waals surface area contributed by atoms with Gasteiger partial charge in [0.05, 0.1) is 19.0 Å². The van der Waals surface area contributed by atoms with Crippen LogP contribution in [0.25, 0.3) is 5.65 Å². The van der Waals surface area contributed by atoms with Crippen LogP contribution < -0.4 is 9.47 Å². The summed E-state index contributed by atoms with van der Waals surface area (Å²) in [6.07, 6.45) is 3.81. The van der Waals surface area contributed by atoms with E-state index in [4.69, 9.17) is 9.47 Å². The predicted molar refractivity (Wildman–Crippen MR) is 72.5 cm³/mol. The molecule has 0 bridgehead atoms. The first-order valence-electron chi connectivity index (χ1n) is 6.04. The fraction of sp³-hybridized carbons (Fsp3) is 0.133. The van der Waals surface area contributed by atoms with Crippen LogP contribution in [0.3, 0.4) is 0 Å². The van der Waals surface area contributed by atoms with Gasteiger partial charge in [0, 0.05) is 6.20 Å². The third kappa shape index (κ3) is 2.38. The van der Waals surface area contributed by atoms with Crippen LogP contribution in [-0.2, 0) is 6.61 Å². The zero-order chi connectivity index (χ0) is 13.1. The Morgan fingerprint density at radius 3 is 2.63 bits per heavy atom. The number of pyridine rings is 1. The lowest BCUT2D eigenvalue weighted by atomic mass is 10.3. The Kier molecular flexibility index (Phi) is 3.06. The van der Waals surface area contributed by atoms with Gasteiger partial charge >= 0.3 is 0 Å². The summed E-state index contributed by atoms with van der Waals surface area (Å²) in [5.41, 5.74) is 1.95. The largest absolute Gasteiger partial charge is 0.497 e. The minimum Gasteiger partial charge on any atom is -0.497 e. The quantitative estimate of drug-likeness (QED) is 0.718. The second-order valence-electron chi connectivity index (χ2n) is 4.14. The van der Waals surface area contributed by atoms with Gasteiger partial charge in [0.15, 0.2) is 0 Å². The molecule has 0 saturated carbocycles. The summed E-state index contributed by atoms with van der Waals surface area (Å²) in [4.78, 5) is 4.32. The normalized spacial score (nSPS) is 10.6. The third-order valence-corrected chi connectivity index (χ3v) is 2.94. The zero-order valence-electron chi connectivity index (χ0n) is 10.6. The second kappa shape index (κ2) is 5.02. The van der Waals surface area contributed by atoms with E-state index in [1.54, 1.807) is 7.11 Å². The van der Waals surface area contributed by atoms with E-state index in [-0.39, 0.29) is 0 Å². The third-order valence-electron chi connectivity index (χ3n) is 2.94. The van der Waals surface area contributed by atoms with E-state index in [1.165, 1.54) is 0 Å². The molecule has 0 N–H and O–H groups in total. The molecule has 2 aromatic heterocycles. The van der Waals surface area contributed by atoms with Crippen molar-refractivity contribution in [3.63, 3.8) is 0 Å². The Bertz CT molecular complexity index is 674. The summed E-state index contributed by atoms with van der Waals surface area (Å²) in [6, 6.07) is 13.5.